The Balaban J connectivity index is 4.41. The van der Waals surface area contributed by atoms with Gasteiger partial charge in [0.2, 0.25) is 11.5 Å². The molecule has 0 aromatic heterocycles. The lowest BCUT2D eigenvalue weighted by Gasteiger charge is -2.09. The monoisotopic (exact) mass is 198 g/mol. The van der Waals surface area contributed by atoms with Gasteiger partial charge in [-0.3, -0.25) is 0 Å². The Morgan fingerprint density at radius 2 is 2.14 bits per heavy atom. The lowest BCUT2D eigenvalue weighted by molar-refractivity contribution is 0.0544. The molecule has 14 heavy (non-hydrogen) atoms. The summed E-state index contributed by atoms with van der Waals surface area (Å²) in [5.41, 5.74) is 4.94. The Kier molecular flexibility index (Phi) is 5.87. The minimum Gasteiger partial charge on any atom is -0.409 e. The van der Waals surface area contributed by atoms with Gasteiger partial charge in [-0.15, -0.1) is 0 Å². The van der Waals surface area contributed by atoms with Gasteiger partial charge < -0.3 is 15.8 Å². The highest BCUT2D eigenvalue weighted by Crippen LogP contribution is 2.02. The lowest BCUT2D eigenvalue weighted by atomic mass is 10.2. The highest BCUT2D eigenvalue weighted by molar-refractivity contribution is 6.46. The van der Waals surface area contributed by atoms with Crippen LogP contribution in [0.1, 0.15) is 26.7 Å². The zero-order valence-corrected chi connectivity index (χ0v) is 8.27. The molecule has 0 fully saturated rings. The van der Waals surface area contributed by atoms with E-state index in [4.69, 9.17) is 21.0 Å². The third-order valence-electron chi connectivity index (χ3n) is 1.66. The number of nitrogens with two attached hydrogens (primary N) is 1. The van der Waals surface area contributed by atoms with Crippen LogP contribution < -0.4 is 5.73 Å². The standard InChI is InChI=1S/C8H14N4O2/c1-3-6(4-2)14-12-7(5-9)8(10)11-13/h6,13H,3-4H2,1-2H3,(H2,10,11)/b12-7-. The van der Waals surface area contributed by atoms with E-state index in [1.807, 2.05) is 13.8 Å². The summed E-state index contributed by atoms with van der Waals surface area (Å²) in [7, 11) is 0. The summed E-state index contributed by atoms with van der Waals surface area (Å²) in [6.07, 6.45) is 1.52. The molecule has 0 heterocycles. The summed E-state index contributed by atoms with van der Waals surface area (Å²) < 4.78 is 0. The first-order valence-electron chi connectivity index (χ1n) is 4.31. The van der Waals surface area contributed by atoms with Crippen molar-refractivity contribution in [2.75, 3.05) is 0 Å². The molecule has 0 saturated carbocycles. The van der Waals surface area contributed by atoms with E-state index >= 15 is 0 Å². The molecule has 0 saturated heterocycles. The summed E-state index contributed by atoms with van der Waals surface area (Å²) in [6, 6.07) is 1.67. The smallest absolute Gasteiger partial charge is 0.224 e. The highest BCUT2D eigenvalue weighted by atomic mass is 16.6. The van der Waals surface area contributed by atoms with Gasteiger partial charge in [-0.1, -0.05) is 24.2 Å². The van der Waals surface area contributed by atoms with Gasteiger partial charge in [-0.2, -0.15) is 5.26 Å². The van der Waals surface area contributed by atoms with E-state index in [0.717, 1.165) is 12.8 Å². The second-order valence-corrected chi connectivity index (χ2v) is 2.58. The van der Waals surface area contributed by atoms with Crippen LogP contribution in [-0.4, -0.2) is 22.9 Å². The first-order valence-corrected chi connectivity index (χ1v) is 4.31. The molecule has 0 aliphatic rings. The van der Waals surface area contributed by atoms with E-state index in [-0.39, 0.29) is 17.7 Å². The molecule has 0 atom stereocenters. The minimum absolute atomic E-state index is 0.0511. The molecule has 0 unspecified atom stereocenters. The lowest BCUT2D eigenvalue weighted by Crippen LogP contribution is -2.23. The molecular weight excluding hydrogens is 184 g/mol. The van der Waals surface area contributed by atoms with Gasteiger partial charge in [-0.25, -0.2) is 0 Å². The average Bonchev–Trinajstić information content (AvgIpc) is 2.24. The van der Waals surface area contributed by atoms with Crippen molar-refractivity contribution in [1.29, 1.82) is 5.26 Å². The summed E-state index contributed by atoms with van der Waals surface area (Å²) in [5.74, 6) is -0.349. The van der Waals surface area contributed by atoms with Crippen LogP contribution in [0, 0.1) is 11.3 Å². The molecular formula is C8H14N4O2. The molecule has 0 radical (unpaired) electrons. The fourth-order valence-electron chi connectivity index (χ4n) is 0.737. The minimum atomic E-state index is -0.349. The predicted octanol–water partition coefficient (Wildman–Crippen LogP) is 0.818. The van der Waals surface area contributed by atoms with Gasteiger partial charge in [0.25, 0.3) is 0 Å². The Hall–Kier alpha value is -1.77. The van der Waals surface area contributed by atoms with Crippen LogP contribution in [0.3, 0.4) is 0 Å². The maximum atomic E-state index is 8.55. The van der Waals surface area contributed by atoms with Crippen LogP contribution >= 0.6 is 0 Å². The average molecular weight is 198 g/mol. The van der Waals surface area contributed by atoms with E-state index in [2.05, 4.69) is 10.3 Å². The zero-order valence-electron chi connectivity index (χ0n) is 8.27. The van der Waals surface area contributed by atoms with Crippen LogP contribution in [0.5, 0.6) is 0 Å². The van der Waals surface area contributed by atoms with Gasteiger partial charge in [0.1, 0.15) is 12.2 Å². The summed E-state index contributed by atoms with van der Waals surface area (Å²) in [5, 5.41) is 23.0. The molecule has 0 aliphatic heterocycles. The summed E-state index contributed by atoms with van der Waals surface area (Å²) in [4.78, 5) is 5.01. The third kappa shape index (κ3) is 3.76. The van der Waals surface area contributed by atoms with Crippen molar-refractivity contribution >= 4 is 11.5 Å². The van der Waals surface area contributed by atoms with Gasteiger partial charge in [0, 0.05) is 0 Å². The van der Waals surface area contributed by atoms with Gasteiger partial charge in [0.15, 0.2) is 0 Å². The number of nitriles is 1. The summed E-state index contributed by atoms with van der Waals surface area (Å²) in [6.45, 7) is 3.89. The molecule has 0 amide bonds. The number of oxime groups is 2. The van der Waals surface area contributed by atoms with Crippen molar-refractivity contribution in [3.05, 3.63) is 0 Å². The van der Waals surface area contributed by atoms with Gasteiger partial charge in [0.05, 0.1) is 0 Å². The molecule has 0 aliphatic carbocycles. The quantitative estimate of drug-likeness (QED) is 0.295. The first kappa shape index (κ1) is 12.2. The van der Waals surface area contributed by atoms with Gasteiger partial charge >= 0.3 is 0 Å². The fraction of sp³-hybridized carbons (Fsp3) is 0.625. The van der Waals surface area contributed by atoms with E-state index in [1.165, 1.54) is 0 Å². The van der Waals surface area contributed by atoms with Crippen LogP contribution in [0.25, 0.3) is 0 Å². The maximum Gasteiger partial charge on any atom is 0.224 e. The fourth-order valence-corrected chi connectivity index (χ4v) is 0.737. The molecule has 0 bridgehead atoms. The number of rotatable bonds is 5. The molecule has 6 heteroatoms. The van der Waals surface area contributed by atoms with E-state index in [0.29, 0.717) is 0 Å². The van der Waals surface area contributed by atoms with Crippen molar-refractivity contribution in [1.82, 2.24) is 0 Å². The Labute approximate surface area is 82.6 Å². The molecule has 0 rings (SSSR count). The van der Waals surface area contributed by atoms with Crippen molar-refractivity contribution < 1.29 is 10.0 Å². The summed E-state index contributed by atoms with van der Waals surface area (Å²) >= 11 is 0. The van der Waals surface area contributed by atoms with Crippen LogP contribution in [0.4, 0.5) is 0 Å². The molecule has 0 aromatic carbocycles. The molecule has 0 aromatic rings. The topological polar surface area (TPSA) is 104 Å². The van der Waals surface area contributed by atoms with Crippen molar-refractivity contribution in [3.63, 3.8) is 0 Å². The predicted molar refractivity (Wildman–Crippen MR) is 51.9 cm³/mol. The molecule has 78 valence electrons. The largest absolute Gasteiger partial charge is 0.409 e. The van der Waals surface area contributed by atoms with E-state index in [9.17, 15) is 0 Å². The van der Waals surface area contributed by atoms with Crippen molar-refractivity contribution in [3.8, 4) is 6.07 Å². The molecule has 3 N–H and O–H groups in total. The normalized spacial score (nSPS) is 12.7. The SMILES string of the molecule is CCC(CC)O/N=C(C#N)\C(N)=N/O. The Morgan fingerprint density at radius 1 is 1.57 bits per heavy atom. The maximum absolute atomic E-state index is 8.55. The van der Waals surface area contributed by atoms with Crippen LogP contribution in [0.2, 0.25) is 0 Å². The van der Waals surface area contributed by atoms with E-state index in [1.54, 1.807) is 6.07 Å². The Morgan fingerprint density at radius 3 is 2.50 bits per heavy atom. The number of amidine groups is 1. The number of hydrogen-bond acceptors (Lipinski definition) is 5. The first-order chi connectivity index (χ1) is 6.69. The van der Waals surface area contributed by atoms with E-state index < -0.39 is 0 Å². The second kappa shape index (κ2) is 6.71. The Bertz CT molecular complexity index is 263. The molecule has 6 nitrogen and oxygen atoms in total. The molecule has 0 spiro atoms. The van der Waals surface area contributed by atoms with Gasteiger partial charge in [-0.05, 0) is 12.8 Å². The zero-order chi connectivity index (χ0) is 11.0. The highest BCUT2D eigenvalue weighted by Gasteiger charge is 2.08. The van der Waals surface area contributed by atoms with Crippen molar-refractivity contribution in [2.45, 2.75) is 32.8 Å². The van der Waals surface area contributed by atoms with Crippen LogP contribution in [0.15, 0.2) is 10.3 Å². The second-order valence-electron chi connectivity index (χ2n) is 2.58. The number of nitrogens with zero attached hydrogens (tertiary/aromatic N) is 3. The van der Waals surface area contributed by atoms with Crippen molar-refractivity contribution in [2.24, 2.45) is 16.0 Å². The number of hydrogen-bond donors (Lipinski definition) is 2. The van der Waals surface area contributed by atoms with Crippen LogP contribution in [-0.2, 0) is 4.84 Å². The third-order valence-corrected chi connectivity index (χ3v) is 1.66.